The lowest BCUT2D eigenvalue weighted by atomic mass is 10.2. The smallest absolute Gasteiger partial charge is 0.269 e. The molecule has 1 aromatic rings. The lowest BCUT2D eigenvalue weighted by Crippen LogP contribution is -2.47. The van der Waals surface area contributed by atoms with Crippen molar-refractivity contribution in [2.75, 3.05) is 18.0 Å². The zero-order valence-corrected chi connectivity index (χ0v) is 11.3. The van der Waals surface area contributed by atoms with E-state index in [1.807, 2.05) is 4.90 Å². The molecule has 1 aliphatic rings. The summed E-state index contributed by atoms with van der Waals surface area (Å²) in [6.45, 7) is 0.419. The summed E-state index contributed by atoms with van der Waals surface area (Å²) in [6, 6.07) is 5.55. The van der Waals surface area contributed by atoms with Gasteiger partial charge in [0, 0.05) is 24.4 Å². The number of amides is 2. The Balaban J connectivity index is 2.12. The Bertz CT molecular complexity index is 558. The predicted molar refractivity (Wildman–Crippen MR) is 75.7 cm³/mol. The monoisotopic (exact) mass is 292 g/mol. The van der Waals surface area contributed by atoms with Gasteiger partial charge in [0.25, 0.3) is 5.69 Å². The fourth-order valence-corrected chi connectivity index (χ4v) is 2.39. The van der Waals surface area contributed by atoms with E-state index in [0.29, 0.717) is 13.0 Å². The van der Waals surface area contributed by atoms with Crippen LogP contribution in [0.5, 0.6) is 0 Å². The van der Waals surface area contributed by atoms with Gasteiger partial charge in [-0.05, 0) is 25.0 Å². The number of anilines is 1. The van der Waals surface area contributed by atoms with Gasteiger partial charge in [0.2, 0.25) is 11.8 Å². The number of non-ortho nitro benzene ring substituents is 1. The van der Waals surface area contributed by atoms with Crippen LogP contribution in [-0.4, -0.2) is 35.9 Å². The Morgan fingerprint density at radius 2 is 2.05 bits per heavy atom. The van der Waals surface area contributed by atoms with Gasteiger partial charge in [0.05, 0.1) is 11.5 Å². The van der Waals surface area contributed by atoms with Crippen molar-refractivity contribution >= 4 is 23.2 Å². The summed E-state index contributed by atoms with van der Waals surface area (Å²) >= 11 is 0. The molecule has 0 aliphatic carbocycles. The largest absolute Gasteiger partial charge is 0.360 e. The first-order chi connectivity index (χ1) is 10.0. The maximum Gasteiger partial charge on any atom is 0.269 e. The van der Waals surface area contributed by atoms with Gasteiger partial charge in [-0.3, -0.25) is 25.0 Å². The molecule has 0 bridgehead atoms. The van der Waals surface area contributed by atoms with E-state index in [0.717, 1.165) is 12.1 Å². The number of nitrogens with zero attached hydrogens (tertiary/aromatic N) is 2. The van der Waals surface area contributed by atoms with Crippen LogP contribution in [0.4, 0.5) is 11.4 Å². The van der Waals surface area contributed by atoms with Gasteiger partial charge in [-0.2, -0.15) is 0 Å². The molecule has 0 unspecified atom stereocenters. The number of imide groups is 1. The second-order valence-electron chi connectivity index (χ2n) is 4.74. The maximum atomic E-state index is 12.0. The zero-order valence-electron chi connectivity index (χ0n) is 11.3. The lowest BCUT2D eigenvalue weighted by molar-refractivity contribution is -0.384. The average molecular weight is 292 g/mol. The number of nitro benzene ring substituents is 1. The molecule has 2 amide bonds. The van der Waals surface area contributed by atoms with Crippen molar-refractivity contribution in [3.8, 4) is 0 Å². The van der Waals surface area contributed by atoms with Crippen LogP contribution in [0.3, 0.4) is 0 Å². The molecule has 0 radical (unpaired) electrons. The normalized spacial score (nSPS) is 17.6. The first-order valence-electron chi connectivity index (χ1n) is 6.58. The quantitative estimate of drug-likeness (QED) is 0.603. The number of carbonyl (C=O) groups is 2. The molecule has 112 valence electrons. The van der Waals surface area contributed by atoms with Crippen molar-refractivity contribution in [1.29, 1.82) is 0 Å². The standard InChI is InChI=1S/C13H16N4O4/c14-8-12(18)15-13(19)11-2-1-7-16(11)9-3-5-10(6-4-9)17(20)21/h3-6,11H,1-2,7-8,14H2,(H,15,18,19)/t11-/m0/s1. The summed E-state index contributed by atoms with van der Waals surface area (Å²) in [5, 5.41) is 12.9. The third-order valence-corrected chi connectivity index (χ3v) is 3.40. The molecule has 8 nitrogen and oxygen atoms in total. The summed E-state index contributed by atoms with van der Waals surface area (Å²) in [5.74, 6) is -0.906. The van der Waals surface area contributed by atoms with E-state index in [9.17, 15) is 19.7 Å². The number of nitrogens with two attached hydrogens (primary N) is 1. The van der Waals surface area contributed by atoms with E-state index in [2.05, 4.69) is 5.32 Å². The van der Waals surface area contributed by atoms with Gasteiger partial charge in [-0.15, -0.1) is 0 Å². The highest BCUT2D eigenvalue weighted by atomic mass is 16.6. The van der Waals surface area contributed by atoms with E-state index < -0.39 is 16.9 Å². The molecule has 1 atom stereocenters. The first kappa shape index (κ1) is 14.9. The molecule has 2 rings (SSSR count). The van der Waals surface area contributed by atoms with Crippen LogP contribution in [0.1, 0.15) is 12.8 Å². The highest BCUT2D eigenvalue weighted by Crippen LogP contribution is 2.27. The highest BCUT2D eigenvalue weighted by Gasteiger charge is 2.31. The molecule has 0 aromatic heterocycles. The third-order valence-electron chi connectivity index (χ3n) is 3.40. The van der Waals surface area contributed by atoms with E-state index in [1.165, 1.54) is 12.1 Å². The molecule has 8 heteroatoms. The van der Waals surface area contributed by atoms with Crippen LogP contribution in [0.25, 0.3) is 0 Å². The molecule has 1 heterocycles. The molecular formula is C13H16N4O4. The molecular weight excluding hydrogens is 276 g/mol. The Morgan fingerprint density at radius 1 is 1.38 bits per heavy atom. The molecule has 1 saturated heterocycles. The number of carbonyl (C=O) groups excluding carboxylic acids is 2. The Labute approximate surface area is 121 Å². The lowest BCUT2D eigenvalue weighted by Gasteiger charge is -2.25. The Hall–Kier alpha value is -2.48. The summed E-state index contributed by atoms with van der Waals surface area (Å²) in [6.07, 6.45) is 1.44. The van der Waals surface area contributed by atoms with Crippen molar-refractivity contribution in [2.45, 2.75) is 18.9 Å². The van der Waals surface area contributed by atoms with Crippen molar-refractivity contribution in [2.24, 2.45) is 5.73 Å². The number of hydrogen-bond donors (Lipinski definition) is 2. The number of hydrogen-bond acceptors (Lipinski definition) is 6. The predicted octanol–water partition coefficient (Wildman–Crippen LogP) is 0.165. The van der Waals surface area contributed by atoms with Crippen molar-refractivity contribution in [1.82, 2.24) is 5.32 Å². The minimum atomic E-state index is -0.518. The first-order valence-corrected chi connectivity index (χ1v) is 6.58. The molecule has 0 saturated carbocycles. The van der Waals surface area contributed by atoms with E-state index >= 15 is 0 Å². The molecule has 1 aromatic carbocycles. The summed E-state index contributed by atoms with van der Waals surface area (Å²) in [7, 11) is 0. The van der Waals surface area contributed by atoms with Crippen LogP contribution < -0.4 is 16.0 Å². The van der Waals surface area contributed by atoms with Gasteiger partial charge in [-0.25, -0.2) is 0 Å². The van der Waals surface area contributed by atoms with Gasteiger partial charge in [0.1, 0.15) is 6.04 Å². The third kappa shape index (κ3) is 3.34. The minimum Gasteiger partial charge on any atom is -0.360 e. The maximum absolute atomic E-state index is 12.0. The number of nitrogens with one attached hydrogen (secondary N) is 1. The van der Waals surface area contributed by atoms with Crippen LogP contribution in [0.2, 0.25) is 0 Å². The fourth-order valence-electron chi connectivity index (χ4n) is 2.39. The summed E-state index contributed by atoms with van der Waals surface area (Å²) in [4.78, 5) is 35.2. The summed E-state index contributed by atoms with van der Waals surface area (Å²) < 4.78 is 0. The van der Waals surface area contributed by atoms with Gasteiger partial charge >= 0.3 is 0 Å². The van der Waals surface area contributed by atoms with Crippen LogP contribution in [-0.2, 0) is 9.59 Å². The number of rotatable bonds is 4. The average Bonchev–Trinajstić information content (AvgIpc) is 2.96. The fraction of sp³-hybridized carbons (Fsp3) is 0.385. The van der Waals surface area contributed by atoms with Gasteiger partial charge in [0.15, 0.2) is 0 Å². The summed E-state index contributed by atoms with van der Waals surface area (Å²) in [5.41, 5.74) is 5.89. The van der Waals surface area contributed by atoms with Crippen molar-refractivity contribution in [3.05, 3.63) is 34.4 Å². The van der Waals surface area contributed by atoms with E-state index in [1.54, 1.807) is 12.1 Å². The van der Waals surface area contributed by atoms with E-state index in [4.69, 9.17) is 5.73 Å². The zero-order chi connectivity index (χ0) is 15.4. The molecule has 1 aliphatic heterocycles. The van der Waals surface area contributed by atoms with E-state index in [-0.39, 0.29) is 18.1 Å². The Morgan fingerprint density at radius 3 is 2.62 bits per heavy atom. The Kier molecular flexibility index (Phi) is 4.49. The van der Waals surface area contributed by atoms with Crippen molar-refractivity contribution in [3.63, 3.8) is 0 Å². The van der Waals surface area contributed by atoms with Crippen molar-refractivity contribution < 1.29 is 14.5 Å². The van der Waals surface area contributed by atoms with Gasteiger partial charge in [-0.1, -0.05) is 0 Å². The minimum absolute atomic E-state index is 0.00254. The number of benzene rings is 1. The van der Waals surface area contributed by atoms with Gasteiger partial charge < -0.3 is 10.6 Å². The topological polar surface area (TPSA) is 119 Å². The second-order valence-corrected chi connectivity index (χ2v) is 4.74. The number of nitro groups is 1. The molecule has 0 spiro atoms. The van der Waals surface area contributed by atoms with Crippen LogP contribution in [0, 0.1) is 10.1 Å². The highest BCUT2D eigenvalue weighted by molar-refractivity contribution is 6.00. The molecule has 3 N–H and O–H groups in total. The van der Waals surface area contributed by atoms with Crippen LogP contribution in [0.15, 0.2) is 24.3 Å². The second kappa shape index (κ2) is 6.31. The molecule has 1 fully saturated rings. The van der Waals surface area contributed by atoms with Crippen LogP contribution >= 0.6 is 0 Å². The SMILES string of the molecule is NCC(=O)NC(=O)[C@@H]1CCCN1c1ccc([N+](=O)[O-])cc1. The molecule has 21 heavy (non-hydrogen) atoms.